The molecular weight excluding hydrogens is 370 g/mol. The van der Waals surface area contributed by atoms with E-state index in [0.717, 1.165) is 33.1 Å². The SMILES string of the molecule is CCc1cccc(-n2nc(C)c3c2NC(=O)CC3C(=O)c2cc(C)sc2C)c1. The molecule has 0 bridgehead atoms. The molecule has 3 aromatic rings. The van der Waals surface area contributed by atoms with Crippen LogP contribution in [0.4, 0.5) is 5.82 Å². The molecule has 4 rings (SSSR count). The van der Waals surface area contributed by atoms with E-state index in [1.165, 1.54) is 5.56 Å². The van der Waals surface area contributed by atoms with Gasteiger partial charge in [-0.25, -0.2) is 4.68 Å². The number of nitrogens with one attached hydrogen (secondary N) is 1. The average Bonchev–Trinajstić information content (AvgIpc) is 3.19. The van der Waals surface area contributed by atoms with Gasteiger partial charge in [0, 0.05) is 27.3 Å². The number of rotatable bonds is 4. The van der Waals surface area contributed by atoms with Crippen molar-refractivity contribution in [2.45, 2.75) is 46.5 Å². The van der Waals surface area contributed by atoms with Gasteiger partial charge in [-0.3, -0.25) is 9.59 Å². The number of thiophene rings is 1. The lowest BCUT2D eigenvalue weighted by Gasteiger charge is -2.23. The first-order valence-electron chi connectivity index (χ1n) is 9.49. The smallest absolute Gasteiger partial charge is 0.226 e. The number of hydrogen-bond acceptors (Lipinski definition) is 4. The molecule has 3 heterocycles. The first kappa shape index (κ1) is 18.6. The van der Waals surface area contributed by atoms with E-state index in [1.54, 1.807) is 16.0 Å². The summed E-state index contributed by atoms with van der Waals surface area (Å²) in [6.07, 6.45) is 1.07. The number of aryl methyl sites for hydroxylation is 4. The number of anilines is 1. The van der Waals surface area contributed by atoms with Crippen molar-refractivity contribution in [3.05, 3.63) is 62.5 Å². The number of carbonyl (C=O) groups is 2. The molecule has 6 heteroatoms. The number of carbonyl (C=O) groups excluding carboxylic acids is 2. The third-order valence-electron chi connectivity index (χ3n) is 5.29. The fourth-order valence-corrected chi connectivity index (χ4v) is 4.86. The molecule has 28 heavy (non-hydrogen) atoms. The lowest BCUT2D eigenvalue weighted by atomic mass is 9.85. The molecule has 1 unspecified atom stereocenters. The van der Waals surface area contributed by atoms with Crippen molar-refractivity contribution in [2.75, 3.05) is 5.32 Å². The van der Waals surface area contributed by atoms with Crippen molar-refractivity contribution in [1.82, 2.24) is 9.78 Å². The van der Waals surface area contributed by atoms with Crippen molar-refractivity contribution in [3.63, 3.8) is 0 Å². The molecule has 1 amide bonds. The van der Waals surface area contributed by atoms with Crippen LogP contribution in [0.25, 0.3) is 5.69 Å². The molecule has 1 N–H and O–H groups in total. The minimum Gasteiger partial charge on any atom is -0.310 e. The van der Waals surface area contributed by atoms with Gasteiger partial charge in [-0.15, -0.1) is 11.3 Å². The predicted molar refractivity (Wildman–Crippen MR) is 112 cm³/mol. The number of amides is 1. The Labute approximate surface area is 168 Å². The topological polar surface area (TPSA) is 64.0 Å². The van der Waals surface area contributed by atoms with Gasteiger partial charge in [0.25, 0.3) is 0 Å². The molecule has 144 valence electrons. The maximum Gasteiger partial charge on any atom is 0.226 e. The van der Waals surface area contributed by atoms with Crippen LogP contribution in [-0.2, 0) is 11.2 Å². The van der Waals surface area contributed by atoms with Crippen molar-refractivity contribution in [3.8, 4) is 5.69 Å². The fourth-order valence-electron chi connectivity index (χ4n) is 3.93. The average molecular weight is 394 g/mol. The lowest BCUT2D eigenvalue weighted by molar-refractivity contribution is -0.116. The minimum absolute atomic E-state index is 0.00269. The summed E-state index contributed by atoms with van der Waals surface area (Å²) in [5.74, 6) is -0.0318. The molecule has 5 nitrogen and oxygen atoms in total. The molecular formula is C22H23N3O2S. The van der Waals surface area contributed by atoms with Crippen LogP contribution in [0.1, 0.15) is 56.2 Å². The lowest BCUT2D eigenvalue weighted by Crippen LogP contribution is -2.28. The van der Waals surface area contributed by atoms with Crippen LogP contribution in [0.3, 0.4) is 0 Å². The van der Waals surface area contributed by atoms with Gasteiger partial charge in [0.15, 0.2) is 5.78 Å². The summed E-state index contributed by atoms with van der Waals surface area (Å²) < 4.78 is 1.76. The van der Waals surface area contributed by atoms with E-state index in [2.05, 4.69) is 29.5 Å². The predicted octanol–water partition coefficient (Wildman–Crippen LogP) is 4.73. The van der Waals surface area contributed by atoms with Crippen LogP contribution in [0.15, 0.2) is 30.3 Å². The summed E-state index contributed by atoms with van der Waals surface area (Å²) >= 11 is 1.61. The summed E-state index contributed by atoms with van der Waals surface area (Å²) in [7, 11) is 0. The van der Waals surface area contributed by atoms with E-state index in [9.17, 15) is 9.59 Å². The van der Waals surface area contributed by atoms with Crippen LogP contribution in [0.2, 0.25) is 0 Å². The van der Waals surface area contributed by atoms with Crippen molar-refractivity contribution in [1.29, 1.82) is 0 Å². The molecule has 1 aliphatic rings. The number of fused-ring (bicyclic) bond motifs is 1. The molecule has 0 radical (unpaired) electrons. The van der Waals surface area contributed by atoms with E-state index < -0.39 is 5.92 Å². The van der Waals surface area contributed by atoms with Gasteiger partial charge in [-0.2, -0.15) is 5.10 Å². The second-order valence-electron chi connectivity index (χ2n) is 7.28. The molecule has 0 saturated heterocycles. The van der Waals surface area contributed by atoms with Crippen LogP contribution < -0.4 is 5.32 Å². The summed E-state index contributed by atoms with van der Waals surface area (Å²) in [5.41, 5.74) is 4.40. The summed E-state index contributed by atoms with van der Waals surface area (Å²) in [5, 5.41) is 7.63. The van der Waals surface area contributed by atoms with Gasteiger partial charge in [-0.05, 0) is 51.0 Å². The first-order valence-corrected chi connectivity index (χ1v) is 10.3. The first-order chi connectivity index (χ1) is 13.4. The third-order valence-corrected chi connectivity index (χ3v) is 6.25. The molecule has 0 aliphatic carbocycles. The van der Waals surface area contributed by atoms with E-state index >= 15 is 0 Å². The van der Waals surface area contributed by atoms with Crippen LogP contribution in [0, 0.1) is 20.8 Å². The van der Waals surface area contributed by atoms with Gasteiger partial charge in [0.05, 0.1) is 17.3 Å². The molecule has 1 atom stereocenters. The Morgan fingerprint density at radius 1 is 1.29 bits per heavy atom. The molecule has 0 fully saturated rings. The number of aromatic nitrogens is 2. The number of hydrogen-bond donors (Lipinski definition) is 1. The second-order valence-corrected chi connectivity index (χ2v) is 8.74. The van der Waals surface area contributed by atoms with E-state index in [0.29, 0.717) is 11.4 Å². The van der Waals surface area contributed by atoms with Crippen LogP contribution in [0.5, 0.6) is 0 Å². The van der Waals surface area contributed by atoms with Crippen LogP contribution in [-0.4, -0.2) is 21.5 Å². The zero-order valence-corrected chi connectivity index (χ0v) is 17.3. The largest absolute Gasteiger partial charge is 0.310 e. The van der Waals surface area contributed by atoms with Gasteiger partial charge in [0.2, 0.25) is 5.91 Å². The third kappa shape index (κ3) is 3.07. The zero-order chi connectivity index (χ0) is 20.0. The highest BCUT2D eigenvalue weighted by Crippen LogP contribution is 2.39. The van der Waals surface area contributed by atoms with Crippen molar-refractivity contribution in [2.24, 2.45) is 0 Å². The fraction of sp³-hybridized carbons (Fsp3) is 0.318. The molecule has 0 spiro atoms. The standard InChI is InChI=1S/C22H23N3O2S/c1-5-15-7-6-8-16(10-15)25-22-20(13(3)24-25)18(11-19(26)23-22)21(27)17-9-12(2)28-14(17)4/h6-10,18H,5,11H2,1-4H3,(H,23,26). The zero-order valence-electron chi connectivity index (χ0n) is 16.5. The Morgan fingerprint density at radius 2 is 2.07 bits per heavy atom. The quantitative estimate of drug-likeness (QED) is 0.652. The highest BCUT2D eigenvalue weighted by Gasteiger charge is 2.37. The Balaban J connectivity index is 1.83. The second kappa shape index (κ2) is 7.02. The highest BCUT2D eigenvalue weighted by atomic mass is 32.1. The summed E-state index contributed by atoms with van der Waals surface area (Å²) in [6.45, 7) is 7.96. The maximum absolute atomic E-state index is 13.3. The monoisotopic (exact) mass is 393 g/mol. The number of ketones is 1. The molecule has 2 aromatic heterocycles. The number of Topliss-reactive ketones (excluding diaryl/α,β-unsaturated/α-hetero) is 1. The summed E-state index contributed by atoms with van der Waals surface area (Å²) in [6, 6.07) is 10.0. The Bertz CT molecular complexity index is 1090. The van der Waals surface area contributed by atoms with E-state index in [4.69, 9.17) is 0 Å². The Hall–Kier alpha value is -2.73. The van der Waals surface area contributed by atoms with Gasteiger partial charge >= 0.3 is 0 Å². The van der Waals surface area contributed by atoms with Gasteiger partial charge < -0.3 is 5.32 Å². The van der Waals surface area contributed by atoms with Crippen molar-refractivity contribution < 1.29 is 9.59 Å². The maximum atomic E-state index is 13.3. The Morgan fingerprint density at radius 3 is 2.75 bits per heavy atom. The number of nitrogens with zero attached hydrogens (tertiary/aromatic N) is 2. The molecule has 0 saturated carbocycles. The van der Waals surface area contributed by atoms with E-state index in [-0.39, 0.29) is 18.1 Å². The normalized spacial score (nSPS) is 16.0. The highest BCUT2D eigenvalue weighted by molar-refractivity contribution is 7.12. The van der Waals surface area contributed by atoms with Gasteiger partial charge in [0.1, 0.15) is 5.82 Å². The molecule has 1 aliphatic heterocycles. The number of benzene rings is 1. The minimum atomic E-state index is -0.500. The Kier molecular flexibility index (Phi) is 4.67. The van der Waals surface area contributed by atoms with Gasteiger partial charge in [-0.1, -0.05) is 19.1 Å². The van der Waals surface area contributed by atoms with Crippen molar-refractivity contribution >= 4 is 28.8 Å². The molecule has 1 aromatic carbocycles. The van der Waals surface area contributed by atoms with Crippen LogP contribution >= 0.6 is 11.3 Å². The summed E-state index contributed by atoms with van der Waals surface area (Å²) in [4.78, 5) is 27.9. The van der Waals surface area contributed by atoms with E-state index in [1.807, 2.05) is 39.0 Å².